The minimum Gasteiger partial charge on any atom is -0.423 e. The van der Waals surface area contributed by atoms with Crippen LogP contribution in [0.25, 0.3) is 0 Å². The van der Waals surface area contributed by atoms with E-state index in [4.69, 9.17) is 9.47 Å². The molecule has 4 aromatic carbocycles. The molecule has 0 N–H and O–H groups in total. The maximum absolute atomic E-state index is 11.8. The van der Waals surface area contributed by atoms with Crippen LogP contribution in [0.5, 0.6) is 11.5 Å². The second-order valence-electron chi connectivity index (χ2n) is 10.1. The van der Waals surface area contributed by atoms with Crippen LogP contribution in [0.15, 0.2) is 104 Å². The second-order valence-corrected chi connectivity index (χ2v) is 10.1. The fourth-order valence-corrected chi connectivity index (χ4v) is 4.49. The van der Waals surface area contributed by atoms with Crippen molar-refractivity contribution in [2.75, 3.05) is 4.90 Å². The van der Waals surface area contributed by atoms with Gasteiger partial charge in [0.15, 0.2) is 0 Å². The van der Waals surface area contributed by atoms with Gasteiger partial charge >= 0.3 is 11.9 Å². The van der Waals surface area contributed by atoms with Crippen molar-refractivity contribution in [1.82, 2.24) is 0 Å². The van der Waals surface area contributed by atoms with Crippen LogP contribution in [-0.4, -0.2) is 11.9 Å². The summed E-state index contributed by atoms with van der Waals surface area (Å²) in [5.41, 5.74) is 10.3. The minimum absolute atomic E-state index is 0.284. The number of esters is 2. The van der Waals surface area contributed by atoms with E-state index >= 15 is 0 Å². The van der Waals surface area contributed by atoms with Gasteiger partial charge in [-0.3, -0.25) is 0 Å². The van der Waals surface area contributed by atoms with Crippen molar-refractivity contribution >= 4 is 29.0 Å². The van der Waals surface area contributed by atoms with E-state index in [0.29, 0.717) is 6.42 Å². The van der Waals surface area contributed by atoms with E-state index in [1.54, 1.807) is 12.1 Å². The number of hydrogen-bond donors (Lipinski definition) is 0. The topological polar surface area (TPSA) is 55.8 Å². The Morgan fingerprint density at radius 2 is 1.02 bits per heavy atom. The summed E-state index contributed by atoms with van der Waals surface area (Å²) in [7, 11) is 0. The zero-order valence-corrected chi connectivity index (χ0v) is 24.1. The SMILES string of the molecule is C=CC(=O)Oc1cc(CCc2ccc(N(c3ccc(C)c(C)c3)c3ccc(C)c(C)c3)cc2)cc(OC(=O)C=C)c1. The third-order valence-corrected chi connectivity index (χ3v) is 7.10. The fraction of sp³-hybridized carbons (Fsp3) is 0.167. The quantitative estimate of drug-likeness (QED) is 0.114. The molecule has 0 atom stereocenters. The molecule has 0 spiro atoms. The summed E-state index contributed by atoms with van der Waals surface area (Å²) >= 11 is 0. The molecule has 5 nitrogen and oxygen atoms in total. The monoisotopic (exact) mass is 545 g/mol. The molecule has 0 heterocycles. The van der Waals surface area contributed by atoms with Crippen LogP contribution in [0.4, 0.5) is 17.1 Å². The molecule has 4 rings (SSSR count). The molecule has 0 bridgehead atoms. The molecule has 0 radical (unpaired) electrons. The number of hydrogen-bond acceptors (Lipinski definition) is 5. The van der Waals surface area contributed by atoms with Gasteiger partial charge in [0, 0.05) is 35.3 Å². The Bertz CT molecular complexity index is 1510. The maximum atomic E-state index is 11.8. The summed E-state index contributed by atoms with van der Waals surface area (Å²) in [4.78, 5) is 25.8. The lowest BCUT2D eigenvalue weighted by Crippen LogP contribution is -2.11. The van der Waals surface area contributed by atoms with Gasteiger partial charge in [-0.1, -0.05) is 37.4 Å². The van der Waals surface area contributed by atoms with Gasteiger partial charge in [-0.25, -0.2) is 9.59 Å². The molecule has 208 valence electrons. The molecule has 0 unspecified atom stereocenters. The normalized spacial score (nSPS) is 10.5. The van der Waals surface area contributed by atoms with E-state index in [2.05, 4.69) is 106 Å². The highest BCUT2D eigenvalue weighted by atomic mass is 16.5. The Kier molecular flexibility index (Phi) is 9.20. The lowest BCUT2D eigenvalue weighted by molar-refractivity contribution is -0.129. The first kappa shape index (κ1) is 29.1. The number of aryl methyl sites for hydroxylation is 6. The fourth-order valence-electron chi connectivity index (χ4n) is 4.49. The van der Waals surface area contributed by atoms with E-state index < -0.39 is 11.9 Å². The summed E-state index contributed by atoms with van der Waals surface area (Å²) < 4.78 is 10.6. The van der Waals surface area contributed by atoms with Crippen LogP contribution in [0.3, 0.4) is 0 Å². The average molecular weight is 546 g/mol. The van der Waals surface area contributed by atoms with Crippen molar-refractivity contribution in [1.29, 1.82) is 0 Å². The highest BCUT2D eigenvalue weighted by Crippen LogP contribution is 2.36. The largest absolute Gasteiger partial charge is 0.423 e. The zero-order valence-electron chi connectivity index (χ0n) is 24.1. The summed E-state index contributed by atoms with van der Waals surface area (Å²) in [6, 6.07) is 26.7. The van der Waals surface area contributed by atoms with Crippen molar-refractivity contribution in [2.24, 2.45) is 0 Å². The molecule has 0 saturated carbocycles. The molecule has 5 heteroatoms. The smallest absolute Gasteiger partial charge is 0.335 e. The van der Waals surface area contributed by atoms with Crippen molar-refractivity contribution in [3.05, 3.63) is 138 Å². The van der Waals surface area contributed by atoms with Crippen LogP contribution < -0.4 is 14.4 Å². The summed E-state index contributed by atoms with van der Waals surface area (Å²) in [6.07, 6.45) is 3.56. The van der Waals surface area contributed by atoms with Crippen molar-refractivity contribution < 1.29 is 19.1 Å². The molecule has 0 fully saturated rings. The number of anilines is 3. The van der Waals surface area contributed by atoms with Gasteiger partial charge in [-0.2, -0.15) is 0 Å². The number of benzene rings is 4. The van der Waals surface area contributed by atoms with E-state index in [1.165, 1.54) is 28.3 Å². The third kappa shape index (κ3) is 7.40. The predicted octanol–water partition coefficient (Wildman–Crippen LogP) is 8.36. The van der Waals surface area contributed by atoms with Crippen LogP contribution in [0.2, 0.25) is 0 Å². The van der Waals surface area contributed by atoms with E-state index in [1.807, 2.05) is 0 Å². The molecule has 0 aromatic heterocycles. The minimum atomic E-state index is -0.587. The predicted molar refractivity (Wildman–Crippen MR) is 166 cm³/mol. The van der Waals surface area contributed by atoms with E-state index in [0.717, 1.165) is 46.8 Å². The maximum Gasteiger partial charge on any atom is 0.335 e. The standard InChI is InChI=1S/C36H35NO4/c1-7-35(38)40-33-21-29(22-34(23-33)41-36(39)8-2)12-11-28-13-17-30(18-14-28)37(31-15-9-24(3)26(5)19-31)32-16-10-25(4)27(6)20-32/h7-10,13-23H,1-2,11-12H2,3-6H3. The first-order chi connectivity index (χ1) is 19.7. The van der Waals surface area contributed by atoms with Crippen LogP contribution in [0, 0.1) is 27.7 Å². The number of carbonyl (C=O) groups is 2. The van der Waals surface area contributed by atoms with Gasteiger partial charge < -0.3 is 14.4 Å². The van der Waals surface area contributed by atoms with Crippen molar-refractivity contribution in [3.63, 3.8) is 0 Å². The Morgan fingerprint density at radius 3 is 1.46 bits per heavy atom. The highest BCUT2D eigenvalue weighted by molar-refractivity contribution is 5.84. The molecular formula is C36H35NO4. The second kappa shape index (κ2) is 13.0. The van der Waals surface area contributed by atoms with Crippen LogP contribution in [0.1, 0.15) is 33.4 Å². The number of ether oxygens (including phenoxy) is 2. The zero-order chi connectivity index (χ0) is 29.5. The van der Waals surface area contributed by atoms with Gasteiger partial charge in [0.25, 0.3) is 0 Å². The summed E-state index contributed by atoms with van der Waals surface area (Å²) in [5.74, 6) is -0.606. The van der Waals surface area contributed by atoms with Gasteiger partial charge in [0.1, 0.15) is 11.5 Å². The molecule has 0 aliphatic carbocycles. The summed E-state index contributed by atoms with van der Waals surface area (Å²) in [5, 5.41) is 0. The summed E-state index contributed by atoms with van der Waals surface area (Å²) in [6.45, 7) is 15.4. The van der Waals surface area contributed by atoms with Crippen molar-refractivity contribution in [3.8, 4) is 11.5 Å². The van der Waals surface area contributed by atoms with Crippen LogP contribution >= 0.6 is 0 Å². The molecule has 0 aliphatic heterocycles. The highest BCUT2D eigenvalue weighted by Gasteiger charge is 2.14. The number of nitrogens with zero attached hydrogens (tertiary/aromatic N) is 1. The molecule has 0 aliphatic rings. The van der Waals surface area contributed by atoms with Gasteiger partial charge in [0.2, 0.25) is 0 Å². The molecular weight excluding hydrogens is 510 g/mol. The average Bonchev–Trinajstić information content (AvgIpc) is 2.96. The Morgan fingerprint density at radius 1 is 0.585 bits per heavy atom. The molecule has 0 saturated heterocycles. The van der Waals surface area contributed by atoms with Gasteiger partial charge in [0.05, 0.1) is 0 Å². The number of rotatable bonds is 10. The Balaban J connectivity index is 1.59. The van der Waals surface area contributed by atoms with Gasteiger partial charge in [-0.05, 0) is 122 Å². The Labute approximate surface area is 242 Å². The van der Waals surface area contributed by atoms with E-state index in [-0.39, 0.29) is 11.5 Å². The molecule has 4 aromatic rings. The molecule has 0 amide bonds. The van der Waals surface area contributed by atoms with E-state index in [9.17, 15) is 9.59 Å². The van der Waals surface area contributed by atoms with Gasteiger partial charge in [-0.15, -0.1) is 0 Å². The first-order valence-electron chi connectivity index (χ1n) is 13.5. The number of carbonyl (C=O) groups excluding carboxylic acids is 2. The van der Waals surface area contributed by atoms with Crippen molar-refractivity contribution in [2.45, 2.75) is 40.5 Å². The lowest BCUT2D eigenvalue weighted by Gasteiger charge is -2.27. The third-order valence-electron chi connectivity index (χ3n) is 7.10. The van der Waals surface area contributed by atoms with Crippen LogP contribution in [-0.2, 0) is 22.4 Å². The first-order valence-corrected chi connectivity index (χ1v) is 13.5. The Hall–Kier alpha value is -4.90. The lowest BCUT2D eigenvalue weighted by atomic mass is 10.0. The molecule has 41 heavy (non-hydrogen) atoms.